The summed E-state index contributed by atoms with van der Waals surface area (Å²) in [7, 11) is 0. The van der Waals surface area contributed by atoms with E-state index in [2.05, 4.69) is 28.6 Å². The minimum Gasteiger partial charge on any atom is -0.478 e. The summed E-state index contributed by atoms with van der Waals surface area (Å²) in [5.41, 5.74) is 6.51. The number of pyridine rings is 1. The van der Waals surface area contributed by atoms with Crippen LogP contribution < -0.4 is 0 Å². The van der Waals surface area contributed by atoms with Gasteiger partial charge in [0, 0.05) is 47.4 Å². The molecule has 0 saturated heterocycles. The van der Waals surface area contributed by atoms with E-state index >= 15 is 0 Å². The van der Waals surface area contributed by atoms with Crippen molar-refractivity contribution < 1.29 is 24.9 Å². The van der Waals surface area contributed by atoms with Crippen LogP contribution in [0, 0.1) is 29.6 Å². The van der Waals surface area contributed by atoms with E-state index in [0.717, 1.165) is 40.9 Å². The van der Waals surface area contributed by atoms with Crippen molar-refractivity contribution in [1.29, 1.82) is 10.5 Å². The summed E-state index contributed by atoms with van der Waals surface area (Å²) in [5.74, 6) is -2.51. The fourth-order valence-electron chi connectivity index (χ4n) is 3.76. The highest BCUT2D eigenvalue weighted by atomic mass is 35.5. The van der Waals surface area contributed by atoms with Gasteiger partial charge < -0.3 is 19.9 Å². The monoisotopic (exact) mass is 520 g/mol. The molecule has 1 aromatic carbocycles. The number of nitriles is 2. The first-order chi connectivity index (χ1) is 17.7. The van der Waals surface area contributed by atoms with Gasteiger partial charge in [-0.1, -0.05) is 37.1 Å². The number of hydrogen-bond donors (Lipinski definition) is 3. The lowest BCUT2D eigenvalue weighted by atomic mass is 9.99. The summed E-state index contributed by atoms with van der Waals surface area (Å²) in [4.78, 5) is 23.3. The van der Waals surface area contributed by atoms with Crippen molar-refractivity contribution in [3.05, 3.63) is 87.5 Å². The van der Waals surface area contributed by atoms with Crippen molar-refractivity contribution >= 4 is 23.5 Å². The summed E-state index contributed by atoms with van der Waals surface area (Å²) in [5, 5.41) is 44.4. The third-order valence-electron chi connectivity index (χ3n) is 5.38. The molecule has 0 saturated carbocycles. The van der Waals surface area contributed by atoms with Gasteiger partial charge in [0.05, 0.1) is 23.8 Å². The van der Waals surface area contributed by atoms with Crippen LogP contribution in [0.3, 0.4) is 0 Å². The molecule has 0 amide bonds. The Labute approximate surface area is 219 Å². The molecule has 3 rings (SSSR count). The molecule has 37 heavy (non-hydrogen) atoms. The molecule has 0 spiro atoms. The molecule has 0 unspecified atom stereocenters. The number of aliphatic hydroxyl groups excluding tert-OH is 1. The maximum atomic E-state index is 9.93. The molecule has 0 atom stereocenters. The summed E-state index contributed by atoms with van der Waals surface area (Å²) in [6.07, 6.45) is 4.49. The van der Waals surface area contributed by atoms with Crippen molar-refractivity contribution in [2.45, 2.75) is 39.8 Å². The summed E-state index contributed by atoms with van der Waals surface area (Å²) >= 11 is 6.02. The average molecular weight is 521 g/mol. The highest BCUT2D eigenvalue weighted by molar-refractivity contribution is 6.30. The quantitative estimate of drug-likeness (QED) is 0.290. The van der Waals surface area contributed by atoms with E-state index in [1.807, 2.05) is 25.1 Å². The van der Waals surface area contributed by atoms with Crippen molar-refractivity contribution in [2.75, 3.05) is 0 Å². The Morgan fingerprint density at radius 3 is 2.22 bits per heavy atom. The molecule has 0 bridgehead atoms. The normalized spacial score (nSPS) is 10.3. The molecule has 3 N–H and O–H groups in total. The second kappa shape index (κ2) is 13.6. The van der Waals surface area contributed by atoms with Gasteiger partial charge in [0.2, 0.25) is 0 Å². The average Bonchev–Trinajstić information content (AvgIpc) is 3.14. The number of carboxylic acid groups (broad SMARTS) is 2. The molecule has 2 aromatic heterocycles. The maximum absolute atomic E-state index is 9.93. The second-order valence-corrected chi connectivity index (χ2v) is 8.24. The molecule has 3 aromatic rings. The summed E-state index contributed by atoms with van der Waals surface area (Å²) in [6, 6.07) is 13.7. The third-order valence-corrected chi connectivity index (χ3v) is 5.72. The Balaban J connectivity index is 0.000000521. The van der Waals surface area contributed by atoms with Crippen LogP contribution in [0.4, 0.5) is 0 Å². The minimum absolute atomic E-state index is 0.175. The lowest BCUT2D eigenvalue weighted by Crippen LogP contribution is -2.08. The molecule has 0 aliphatic carbocycles. The van der Waals surface area contributed by atoms with Crippen LogP contribution in [-0.2, 0) is 29.2 Å². The number of aliphatic hydroxyl groups is 1. The highest BCUT2D eigenvalue weighted by Gasteiger charge is 2.21. The van der Waals surface area contributed by atoms with Crippen molar-refractivity contribution in [1.82, 2.24) is 9.55 Å². The molecule has 0 aliphatic heterocycles. The molecule has 0 radical (unpaired) electrons. The zero-order valence-electron chi connectivity index (χ0n) is 20.3. The van der Waals surface area contributed by atoms with E-state index in [0.29, 0.717) is 40.5 Å². The van der Waals surface area contributed by atoms with Gasteiger partial charge >= 0.3 is 11.9 Å². The van der Waals surface area contributed by atoms with Gasteiger partial charge in [-0.3, -0.25) is 0 Å². The van der Waals surface area contributed by atoms with Crippen molar-refractivity contribution in [2.24, 2.45) is 0 Å². The van der Waals surface area contributed by atoms with E-state index in [1.165, 1.54) is 0 Å². The van der Waals surface area contributed by atoms with E-state index in [1.54, 1.807) is 18.3 Å². The van der Waals surface area contributed by atoms with E-state index in [4.69, 9.17) is 27.1 Å². The Kier molecular flexibility index (Phi) is 10.6. The maximum Gasteiger partial charge on any atom is 0.328 e. The molecule has 0 fully saturated rings. The van der Waals surface area contributed by atoms with E-state index < -0.39 is 11.9 Å². The van der Waals surface area contributed by atoms with E-state index in [9.17, 15) is 20.0 Å². The predicted octanol–water partition coefficient (Wildman–Crippen LogP) is 4.46. The van der Waals surface area contributed by atoms with Gasteiger partial charge in [0.1, 0.15) is 11.2 Å². The van der Waals surface area contributed by atoms with Gasteiger partial charge in [-0.25, -0.2) is 14.6 Å². The number of benzene rings is 1. The number of rotatable bonds is 8. The summed E-state index contributed by atoms with van der Waals surface area (Å²) < 4.78 is 2.14. The zero-order chi connectivity index (χ0) is 27.5. The molecular formula is C27H25ClN4O5. The third kappa shape index (κ3) is 7.52. The number of nitrogens with zero attached hydrogens (tertiary/aromatic N) is 4. The number of aromatic nitrogens is 2. The zero-order valence-corrected chi connectivity index (χ0v) is 21.0. The van der Waals surface area contributed by atoms with Crippen LogP contribution in [-0.4, -0.2) is 36.8 Å². The first-order valence-corrected chi connectivity index (χ1v) is 11.5. The largest absolute Gasteiger partial charge is 0.478 e. The molecule has 2 heterocycles. The Morgan fingerprint density at radius 2 is 1.73 bits per heavy atom. The Bertz CT molecular complexity index is 1380. The van der Waals surface area contributed by atoms with Crippen LogP contribution in [0.5, 0.6) is 0 Å². The Morgan fingerprint density at radius 1 is 1.11 bits per heavy atom. The lowest BCUT2D eigenvalue weighted by molar-refractivity contribution is -0.134. The standard InChI is InChI=1S/C23H21ClN4O.C4H4O4/c1-3-4-21-20(11-26)22(18-7-5-16(10-25)6-8-18)15(2)28(21)13-17-9-19(14-29)23(24)27-12-17;5-3(6)1-2-4(7)8/h5-9,12,29H,3-4,13-14H2,1-2H3;1-2H,(H,5,6)(H,7,8)/b;2-1-. The molecule has 9 nitrogen and oxygen atoms in total. The number of aliphatic carboxylic acids is 2. The lowest BCUT2D eigenvalue weighted by Gasteiger charge is -2.13. The predicted molar refractivity (Wildman–Crippen MR) is 137 cm³/mol. The molecule has 10 heteroatoms. The fraction of sp³-hybridized carbons (Fsp3) is 0.222. The van der Waals surface area contributed by atoms with Crippen LogP contribution in [0.2, 0.25) is 5.15 Å². The summed E-state index contributed by atoms with van der Waals surface area (Å²) in [6.45, 7) is 4.45. The van der Waals surface area contributed by atoms with Gasteiger partial charge in [0.15, 0.2) is 0 Å². The van der Waals surface area contributed by atoms with Crippen LogP contribution >= 0.6 is 11.6 Å². The van der Waals surface area contributed by atoms with Crippen LogP contribution in [0.15, 0.2) is 48.7 Å². The van der Waals surface area contributed by atoms with E-state index in [-0.39, 0.29) is 6.61 Å². The smallest absolute Gasteiger partial charge is 0.328 e. The fourth-order valence-corrected chi connectivity index (χ4v) is 3.92. The van der Waals surface area contributed by atoms with Crippen LogP contribution in [0.1, 0.15) is 47.0 Å². The number of halogens is 1. The first kappa shape index (κ1) is 28.8. The minimum atomic E-state index is -1.26. The van der Waals surface area contributed by atoms with Crippen molar-refractivity contribution in [3.63, 3.8) is 0 Å². The molecule has 0 aliphatic rings. The van der Waals surface area contributed by atoms with Gasteiger partial charge in [0.25, 0.3) is 0 Å². The SMILES string of the molecule is CCCc1c(C#N)c(-c2ccc(C#N)cc2)c(C)n1Cc1cnc(Cl)c(CO)c1.O=C(O)/C=C\C(=O)O. The second-order valence-electron chi connectivity index (χ2n) is 7.88. The van der Waals surface area contributed by atoms with Gasteiger partial charge in [-0.05, 0) is 42.7 Å². The topological polar surface area (TPSA) is 160 Å². The molecule has 190 valence electrons. The van der Waals surface area contributed by atoms with Gasteiger partial charge in [-0.15, -0.1) is 0 Å². The number of carboxylic acids is 2. The first-order valence-electron chi connectivity index (χ1n) is 11.2. The highest BCUT2D eigenvalue weighted by Crippen LogP contribution is 2.34. The molecular weight excluding hydrogens is 496 g/mol. The Hall–Kier alpha value is -4.44. The van der Waals surface area contributed by atoms with Gasteiger partial charge in [-0.2, -0.15) is 10.5 Å². The number of hydrogen-bond acceptors (Lipinski definition) is 6. The van der Waals surface area contributed by atoms with Crippen molar-refractivity contribution in [3.8, 4) is 23.3 Å². The number of carbonyl (C=O) groups is 2. The van der Waals surface area contributed by atoms with Crippen LogP contribution in [0.25, 0.3) is 11.1 Å².